The van der Waals surface area contributed by atoms with Crippen LogP contribution in [0.1, 0.15) is 54.8 Å². The lowest BCUT2D eigenvalue weighted by molar-refractivity contribution is -0.660. The third kappa shape index (κ3) is 2.81. The third-order valence-electron chi connectivity index (χ3n) is 6.36. The summed E-state index contributed by atoms with van der Waals surface area (Å²) in [7, 11) is 2.13. The van der Waals surface area contributed by atoms with Crippen LogP contribution in [0.25, 0.3) is 33.3 Å². The second-order valence-corrected chi connectivity index (χ2v) is 8.33. The van der Waals surface area contributed by atoms with E-state index in [4.69, 9.17) is 4.42 Å². The first-order chi connectivity index (χ1) is 13.6. The molecule has 0 N–H and O–H groups in total. The molecule has 0 atom stereocenters. The Morgan fingerprint density at radius 3 is 2.57 bits per heavy atom. The van der Waals surface area contributed by atoms with Crippen molar-refractivity contribution in [1.82, 2.24) is 4.98 Å². The number of pyridine rings is 2. The summed E-state index contributed by atoms with van der Waals surface area (Å²) >= 11 is 0. The van der Waals surface area contributed by atoms with Crippen molar-refractivity contribution in [2.45, 2.75) is 51.9 Å². The van der Waals surface area contributed by atoms with E-state index in [-0.39, 0.29) is 0 Å². The maximum atomic E-state index is 6.32. The summed E-state index contributed by atoms with van der Waals surface area (Å²) in [5.41, 5.74) is 7.77. The Labute approximate surface area is 166 Å². The lowest BCUT2D eigenvalue weighted by Gasteiger charge is -2.21. The molecule has 4 aromatic rings. The summed E-state index contributed by atoms with van der Waals surface area (Å²) in [6.45, 7) is 4.18. The second-order valence-electron chi connectivity index (χ2n) is 8.33. The van der Waals surface area contributed by atoms with Crippen LogP contribution < -0.4 is 4.57 Å². The molecule has 0 saturated heterocycles. The highest BCUT2D eigenvalue weighted by Gasteiger charge is 2.24. The van der Waals surface area contributed by atoms with Gasteiger partial charge in [-0.1, -0.05) is 31.4 Å². The molecule has 3 aromatic heterocycles. The zero-order chi connectivity index (χ0) is 19.3. The van der Waals surface area contributed by atoms with Crippen LogP contribution in [-0.2, 0) is 7.05 Å². The maximum Gasteiger partial charge on any atom is 0.227 e. The summed E-state index contributed by atoms with van der Waals surface area (Å²) in [5.74, 6) is 0.688. The minimum absolute atomic E-state index is 0.688. The summed E-state index contributed by atoms with van der Waals surface area (Å²) in [6, 6.07) is 13.3. The topological polar surface area (TPSA) is 29.9 Å². The molecular formula is C25H27N2O+. The molecule has 1 aliphatic carbocycles. The molecule has 0 radical (unpaired) electrons. The molecule has 0 unspecified atom stereocenters. The number of furan rings is 1. The minimum Gasteiger partial charge on any atom is -0.437 e. The predicted molar refractivity (Wildman–Crippen MR) is 113 cm³/mol. The highest BCUT2D eigenvalue weighted by molar-refractivity contribution is 6.08. The molecule has 142 valence electrons. The molecule has 3 nitrogen and oxygen atoms in total. The molecule has 0 spiro atoms. The number of nitrogens with zero attached hydrogens (tertiary/aromatic N) is 2. The van der Waals surface area contributed by atoms with Crippen molar-refractivity contribution in [1.29, 1.82) is 0 Å². The zero-order valence-corrected chi connectivity index (χ0v) is 17.0. The van der Waals surface area contributed by atoms with Gasteiger partial charge in [-0.3, -0.25) is 0 Å². The number of aryl methyl sites for hydroxylation is 3. The summed E-state index contributed by atoms with van der Waals surface area (Å²) < 4.78 is 8.54. The van der Waals surface area contributed by atoms with E-state index in [1.165, 1.54) is 54.5 Å². The number of hydrogen-bond acceptors (Lipinski definition) is 2. The SMILES string of the molecule is Cc1ccc2c(n1)oc1c(-c3cc(C4CCCCC4)cc[n+]3C)c(C)ccc12. The molecule has 0 amide bonds. The fraction of sp³-hybridized carbons (Fsp3) is 0.360. The zero-order valence-electron chi connectivity index (χ0n) is 17.0. The average molecular weight is 372 g/mol. The van der Waals surface area contributed by atoms with Gasteiger partial charge in [0.05, 0.1) is 5.56 Å². The molecule has 1 fully saturated rings. The number of benzene rings is 1. The van der Waals surface area contributed by atoms with Crippen molar-refractivity contribution in [2.24, 2.45) is 7.05 Å². The first-order valence-electron chi connectivity index (χ1n) is 10.4. The van der Waals surface area contributed by atoms with Crippen molar-refractivity contribution < 1.29 is 8.98 Å². The van der Waals surface area contributed by atoms with E-state index in [2.05, 4.69) is 66.1 Å². The summed E-state index contributed by atoms with van der Waals surface area (Å²) in [5, 5.41) is 2.24. The molecule has 5 rings (SSSR count). The smallest absolute Gasteiger partial charge is 0.227 e. The maximum absolute atomic E-state index is 6.32. The van der Waals surface area contributed by atoms with Crippen molar-refractivity contribution in [3.05, 3.63) is 59.4 Å². The predicted octanol–water partition coefficient (Wildman–Crippen LogP) is 6.14. The van der Waals surface area contributed by atoms with E-state index >= 15 is 0 Å². The second kappa shape index (κ2) is 6.73. The fourth-order valence-corrected chi connectivity index (χ4v) is 4.75. The van der Waals surface area contributed by atoms with Crippen LogP contribution in [0.3, 0.4) is 0 Å². The van der Waals surface area contributed by atoms with E-state index in [1.807, 2.05) is 6.92 Å². The van der Waals surface area contributed by atoms with Crippen LogP contribution in [0, 0.1) is 13.8 Å². The lowest BCUT2D eigenvalue weighted by atomic mass is 9.84. The quantitative estimate of drug-likeness (QED) is 0.396. The normalized spacial score (nSPS) is 15.5. The molecule has 3 heterocycles. The standard InChI is InChI=1S/C25H27N2O/c1-16-9-11-20-21-12-10-17(2)26-25(21)28-24(20)23(16)22-15-19(13-14-27(22)3)18-7-5-4-6-8-18/h9-15,18H,4-8H2,1-3H3/q+1. The van der Waals surface area contributed by atoms with Gasteiger partial charge in [0, 0.05) is 28.6 Å². The first kappa shape index (κ1) is 17.4. The van der Waals surface area contributed by atoms with Gasteiger partial charge in [-0.25, -0.2) is 9.55 Å². The Balaban J connectivity index is 1.74. The van der Waals surface area contributed by atoms with Gasteiger partial charge in [-0.05, 0) is 55.9 Å². The van der Waals surface area contributed by atoms with E-state index in [1.54, 1.807) is 0 Å². The number of rotatable bonds is 2. The number of fused-ring (bicyclic) bond motifs is 3. The van der Waals surface area contributed by atoms with Crippen LogP contribution in [0.5, 0.6) is 0 Å². The van der Waals surface area contributed by atoms with Crippen molar-refractivity contribution >= 4 is 22.1 Å². The molecule has 1 aliphatic rings. The Bertz CT molecular complexity index is 1180. The summed E-state index contributed by atoms with van der Waals surface area (Å²) in [4.78, 5) is 4.62. The Kier molecular flexibility index (Phi) is 4.19. The van der Waals surface area contributed by atoms with Gasteiger partial charge in [0.2, 0.25) is 11.4 Å². The molecule has 28 heavy (non-hydrogen) atoms. The molecular weight excluding hydrogens is 344 g/mol. The van der Waals surface area contributed by atoms with E-state index in [9.17, 15) is 0 Å². The summed E-state index contributed by atoms with van der Waals surface area (Å²) in [6.07, 6.45) is 8.92. The molecule has 1 aromatic carbocycles. The van der Waals surface area contributed by atoms with E-state index in [0.717, 1.165) is 27.8 Å². The lowest BCUT2D eigenvalue weighted by Crippen LogP contribution is -2.31. The average Bonchev–Trinajstić information content (AvgIpc) is 3.06. The van der Waals surface area contributed by atoms with Gasteiger partial charge in [0.25, 0.3) is 0 Å². The molecule has 3 heteroatoms. The van der Waals surface area contributed by atoms with Gasteiger partial charge >= 0.3 is 0 Å². The van der Waals surface area contributed by atoms with Crippen molar-refractivity contribution in [3.8, 4) is 11.3 Å². The fourth-order valence-electron chi connectivity index (χ4n) is 4.75. The van der Waals surface area contributed by atoms with Crippen LogP contribution in [0.2, 0.25) is 0 Å². The van der Waals surface area contributed by atoms with Crippen LogP contribution in [-0.4, -0.2) is 4.98 Å². The monoisotopic (exact) mass is 371 g/mol. The van der Waals surface area contributed by atoms with Crippen molar-refractivity contribution in [2.75, 3.05) is 0 Å². The first-order valence-corrected chi connectivity index (χ1v) is 10.4. The van der Waals surface area contributed by atoms with Gasteiger partial charge in [0.15, 0.2) is 11.8 Å². The van der Waals surface area contributed by atoms with Gasteiger partial charge in [0.1, 0.15) is 7.05 Å². The highest BCUT2D eigenvalue weighted by atomic mass is 16.3. The third-order valence-corrected chi connectivity index (χ3v) is 6.36. The Hall–Kier alpha value is -2.68. The van der Waals surface area contributed by atoms with Crippen LogP contribution in [0.4, 0.5) is 0 Å². The van der Waals surface area contributed by atoms with Gasteiger partial charge in [-0.2, -0.15) is 0 Å². The Morgan fingerprint density at radius 2 is 1.75 bits per heavy atom. The van der Waals surface area contributed by atoms with Crippen LogP contribution >= 0.6 is 0 Å². The van der Waals surface area contributed by atoms with Gasteiger partial charge in [-0.15, -0.1) is 0 Å². The largest absolute Gasteiger partial charge is 0.437 e. The minimum atomic E-state index is 0.688. The van der Waals surface area contributed by atoms with E-state index in [0.29, 0.717) is 5.92 Å². The molecule has 0 aliphatic heterocycles. The number of hydrogen-bond donors (Lipinski definition) is 0. The molecule has 0 bridgehead atoms. The van der Waals surface area contributed by atoms with Crippen LogP contribution in [0.15, 0.2) is 47.0 Å². The Morgan fingerprint density at radius 1 is 0.964 bits per heavy atom. The number of aromatic nitrogens is 2. The van der Waals surface area contributed by atoms with Gasteiger partial charge < -0.3 is 4.42 Å². The van der Waals surface area contributed by atoms with Crippen molar-refractivity contribution in [3.63, 3.8) is 0 Å². The van der Waals surface area contributed by atoms with E-state index < -0.39 is 0 Å². The highest BCUT2D eigenvalue weighted by Crippen LogP contribution is 2.38. The molecule has 1 saturated carbocycles.